The summed E-state index contributed by atoms with van der Waals surface area (Å²) in [5.74, 6) is -0.484. The molecule has 1 aromatic carbocycles. The van der Waals surface area contributed by atoms with Gasteiger partial charge in [-0.1, -0.05) is 6.07 Å². The van der Waals surface area contributed by atoms with Gasteiger partial charge in [0.05, 0.1) is 24.4 Å². The van der Waals surface area contributed by atoms with Crippen molar-refractivity contribution in [3.8, 4) is 5.75 Å². The minimum atomic E-state index is -0.288. The Hall–Kier alpha value is -2.81. The fraction of sp³-hybridized carbons (Fsp3) is 0.471. The predicted molar refractivity (Wildman–Crippen MR) is 96.4 cm³/mol. The summed E-state index contributed by atoms with van der Waals surface area (Å²) in [6.07, 6.45) is 0.549. The van der Waals surface area contributed by atoms with Crippen LogP contribution in [0.25, 0.3) is 0 Å². The van der Waals surface area contributed by atoms with Gasteiger partial charge >= 0.3 is 0 Å². The summed E-state index contributed by atoms with van der Waals surface area (Å²) in [7, 11) is 3.69. The van der Waals surface area contributed by atoms with Crippen LogP contribution in [0.4, 0.5) is 5.69 Å². The molecule has 2 rings (SSSR count). The van der Waals surface area contributed by atoms with Gasteiger partial charge in [0.2, 0.25) is 6.41 Å². The minimum absolute atomic E-state index is 0.175. The van der Waals surface area contributed by atoms with E-state index in [1.165, 1.54) is 0 Å². The Balaban J connectivity index is 0.000000597. The Morgan fingerprint density at radius 2 is 2.08 bits per heavy atom. The molecular formula is C17H26N4O5. The Morgan fingerprint density at radius 1 is 1.38 bits per heavy atom. The highest BCUT2D eigenvalue weighted by molar-refractivity contribution is 5.98. The number of rotatable bonds is 5. The number of phenols is 1. The molecule has 1 heterocycles. The highest BCUT2D eigenvalue weighted by atomic mass is 16.5. The standard InChI is InChI=1S/C14H20N4O3.C3H6O2/c1-16(2)12-8-17(9-19)6-7-18(12)14(21)10-4-3-5-11(15)13(10)20;1-2-5-3-4/h3-5,9,12,20H,6-8,15H2,1-2H3;3H,2H2,1H3. The summed E-state index contributed by atoms with van der Waals surface area (Å²) in [6.45, 7) is 3.99. The number of amides is 2. The maximum atomic E-state index is 12.7. The van der Waals surface area contributed by atoms with Gasteiger partial charge in [-0.15, -0.1) is 0 Å². The number of ether oxygens (including phenoxy) is 1. The monoisotopic (exact) mass is 366 g/mol. The summed E-state index contributed by atoms with van der Waals surface area (Å²) in [5.41, 5.74) is 6.00. The van der Waals surface area contributed by atoms with Crippen molar-refractivity contribution >= 4 is 24.5 Å². The minimum Gasteiger partial charge on any atom is -0.505 e. The molecule has 0 radical (unpaired) electrons. The molecule has 9 nitrogen and oxygen atoms in total. The fourth-order valence-electron chi connectivity index (χ4n) is 2.52. The van der Waals surface area contributed by atoms with Gasteiger partial charge < -0.3 is 25.4 Å². The largest absolute Gasteiger partial charge is 0.505 e. The number of phenolic OH excluding ortho intramolecular Hbond substituents is 1. The van der Waals surface area contributed by atoms with E-state index in [2.05, 4.69) is 4.74 Å². The van der Waals surface area contributed by atoms with Crippen LogP contribution >= 0.6 is 0 Å². The van der Waals surface area contributed by atoms with Crippen molar-refractivity contribution in [1.82, 2.24) is 14.7 Å². The SMILES string of the molecule is CCOC=O.CN(C)C1CN(C=O)CCN1C(=O)c1cccc(N)c1O. The third kappa shape index (κ3) is 5.35. The number of piperazine rings is 1. The first kappa shape index (κ1) is 21.2. The molecule has 26 heavy (non-hydrogen) atoms. The van der Waals surface area contributed by atoms with Gasteiger partial charge in [-0.2, -0.15) is 0 Å². The zero-order valence-electron chi connectivity index (χ0n) is 15.3. The van der Waals surface area contributed by atoms with Crippen molar-refractivity contribution in [2.45, 2.75) is 13.1 Å². The molecule has 1 aliphatic heterocycles. The topological polar surface area (TPSA) is 116 Å². The van der Waals surface area contributed by atoms with Gasteiger partial charge in [0.15, 0.2) is 5.75 Å². The van der Waals surface area contributed by atoms with Crippen molar-refractivity contribution in [1.29, 1.82) is 0 Å². The molecular weight excluding hydrogens is 340 g/mol. The van der Waals surface area contributed by atoms with E-state index in [4.69, 9.17) is 5.73 Å². The number of likely N-dealkylation sites (N-methyl/N-ethyl adjacent to an activating group) is 1. The molecule has 0 aliphatic carbocycles. The molecule has 1 saturated heterocycles. The molecule has 1 unspecified atom stereocenters. The molecule has 1 aliphatic rings. The molecule has 144 valence electrons. The van der Waals surface area contributed by atoms with E-state index < -0.39 is 0 Å². The summed E-state index contributed by atoms with van der Waals surface area (Å²) in [4.78, 5) is 37.9. The van der Waals surface area contributed by atoms with Crippen LogP contribution in [0.5, 0.6) is 5.75 Å². The van der Waals surface area contributed by atoms with Gasteiger partial charge in [-0.05, 0) is 33.2 Å². The number of nitrogen functional groups attached to an aromatic ring is 1. The number of nitrogens with two attached hydrogens (primary N) is 1. The number of carbonyl (C=O) groups excluding carboxylic acids is 3. The van der Waals surface area contributed by atoms with Crippen LogP contribution in [0.1, 0.15) is 17.3 Å². The lowest BCUT2D eigenvalue weighted by Crippen LogP contribution is -2.59. The molecule has 0 bridgehead atoms. The molecule has 0 saturated carbocycles. The first-order valence-corrected chi connectivity index (χ1v) is 8.16. The van der Waals surface area contributed by atoms with Crippen LogP contribution < -0.4 is 5.73 Å². The first-order chi connectivity index (χ1) is 12.4. The summed E-state index contributed by atoms with van der Waals surface area (Å²) < 4.78 is 4.15. The molecule has 3 N–H and O–H groups in total. The van der Waals surface area contributed by atoms with E-state index >= 15 is 0 Å². The van der Waals surface area contributed by atoms with E-state index in [-0.39, 0.29) is 29.1 Å². The molecule has 1 atom stereocenters. The fourth-order valence-corrected chi connectivity index (χ4v) is 2.52. The van der Waals surface area contributed by atoms with Crippen LogP contribution in [-0.4, -0.2) is 85.1 Å². The third-order valence-corrected chi connectivity index (χ3v) is 3.92. The van der Waals surface area contributed by atoms with Gasteiger partial charge in [0.1, 0.15) is 6.17 Å². The van der Waals surface area contributed by atoms with Crippen molar-refractivity contribution < 1.29 is 24.2 Å². The molecule has 0 spiro atoms. The van der Waals surface area contributed by atoms with Crippen LogP contribution in [0.15, 0.2) is 18.2 Å². The first-order valence-electron chi connectivity index (χ1n) is 8.16. The van der Waals surface area contributed by atoms with E-state index in [0.717, 1.165) is 6.41 Å². The van der Waals surface area contributed by atoms with Crippen LogP contribution in [0, 0.1) is 0 Å². The maximum Gasteiger partial charge on any atom is 0.293 e. The third-order valence-electron chi connectivity index (χ3n) is 3.92. The summed E-state index contributed by atoms with van der Waals surface area (Å²) in [5, 5.41) is 9.97. The molecule has 0 aromatic heterocycles. The molecule has 9 heteroatoms. The Bertz CT molecular complexity index is 623. The zero-order chi connectivity index (χ0) is 19.7. The number of nitrogens with zero attached hydrogens (tertiary/aromatic N) is 3. The maximum absolute atomic E-state index is 12.7. The van der Waals surface area contributed by atoms with Gasteiger partial charge in [0, 0.05) is 13.1 Å². The van der Waals surface area contributed by atoms with Crippen molar-refractivity contribution in [2.75, 3.05) is 46.1 Å². The predicted octanol–water partition coefficient (Wildman–Crippen LogP) is -0.0444. The number of para-hydroxylation sites is 1. The van der Waals surface area contributed by atoms with E-state index in [9.17, 15) is 19.5 Å². The Morgan fingerprint density at radius 3 is 2.58 bits per heavy atom. The number of hydrogen-bond acceptors (Lipinski definition) is 7. The number of hydrogen-bond donors (Lipinski definition) is 2. The van der Waals surface area contributed by atoms with Crippen LogP contribution in [0.2, 0.25) is 0 Å². The van der Waals surface area contributed by atoms with E-state index in [0.29, 0.717) is 32.7 Å². The average Bonchev–Trinajstić information content (AvgIpc) is 2.64. The number of anilines is 1. The quantitative estimate of drug-likeness (QED) is 0.426. The smallest absolute Gasteiger partial charge is 0.293 e. The second kappa shape index (κ2) is 10.2. The van der Waals surface area contributed by atoms with E-state index in [1.54, 1.807) is 34.9 Å². The lowest BCUT2D eigenvalue weighted by Gasteiger charge is -2.43. The lowest BCUT2D eigenvalue weighted by atomic mass is 10.1. The van der Waals surface area contributed by atoms with Gasteiger partial charge in [-0.25, -0.2) is 0 Å². The molecule has 1 aromatic rings. The Labute approximate surface area is 152 Å². The van der Waals surface area contributed by atoms with E-state index in [1.807, 2.05) is 19.0 Å². The van der Waals surface area contributed by atoms with Gasteiger partial charge in [0.25, 0.3) is 12.4 Å². The van der Waals surface area contributed by atoms with Gasteiger partial charge in [-0.3, -0.25) is 19.3 Å². The number of aromatic hydroxyl groups is 1. The Kier molecular flexibility index (Phi) is 8.36. The lowest BCUT2D eigenvalue weighted by molar-refractivity contribution is -0.128. The summed E-state index contributed by atoms with van der Waals surface area (Å²) in [6, 6.07) is 4.72. The molecule has 2 amide bonds. The number of benzene rings is 1. The highest BCUT2D eigenvalue weighted by Crippen LogP contribution is 2.27. The van der Waals surface area contributed by atoms with Crippen LogP contribution in [-0.2, 0) is 14.3 Å². The average molecular weight is 366 g/mol. The number of carbonyl (C=O) groups is 3. The van der Waals surface area contributed by atoms with Crippen molar-refractivity contribution in [3.63, 3.8) is 0 Å². The summed E-state index contributed by atoms with van der Waals surface area (Å²) >= 11 is 0. The second-order valence-electron chi connectivity index (χ2n) is 5.84. The highest BCUT2D eigenvalue weighted by Gasteiger charge is 2.33. The second-order valence-corrected chi connectivity index (χ2v) is 5.84. The zero-order valence-corrected chi connectivity index (χ0v) is 15.3. The van der Waals surface area contributed by atoms with Crippen molar-refractivity contribution in [3.05, 3.63) is 23.8 Å². The molecule has 1 fully saturated rings. The normalized spacial score (nSPS) is 16.5. The van der Waals surface area contributed by atoms with Crippen molar-refractivity contribution in [2.24, 2.45) is 0 Å². The van der Waals surface area contributed by atoms with Crippen LogP contribution in [0.3, 0.4) is 0 Å².